The third-order valence-corrected chi connectivity index (χ3v) is 3.53. The lowest BCUT2D eigenvalue weighted by Gasteiger charge is -2.22. The Balaban J connectivity index is 2.01. The van der Waals surface area contributed by atoms with E-state index in [-0.39, 0.29) is 5.54 Å². The number of hydrogen-bond acceptors (Lipinski definition) is 7. The smallest absolute Gasteiger partial charge is 0.160 e. The molecule has 1 aromatic carbocycles. The van der Waals surface area contributed by atoms with E-state index in [1.54, 1.807) is 14.2 Å². The molecule has 0 unspecified atom stereocenters. The highest BCUT2D eigenvalue weighted by molar-refractivity contribution is 5.74. The van der Waals surface area contributed by atoms with Crippen molar-refractivity contribution < 1.29 is 9.47 Å². The molecule has 0 radical (unpaired) electrons. The Bertz CT molecular complexity index is 713. The van der Waals surface area contributed by atoms with Crippen molar-refractivity contribution >= 4 is 17.3 Å². The van der Waals surface area contributed by atoms with Crippen LogP contribution >= 0.6 is 0 Å². The van der Waals surface area contributed by atoms with Gasteiger partial charge in [0, 0.05) is 12.1 Å². The van der Waals surface area contributed by atoms with Crippen LogP contribution in [0, 0.1) is 0 Å². The molecule has 4 N–H and O–H groups in total. The fourth-order valence-corrected chi connectivity index (χ4v) is 2.35. The molecule has 2 aromatic rings. The standard InChI is InChI=1S/C18H27N5O2/c1-18(2,3)23-17-15(19)16(21-11-22-17)20-9-8-12-6-7-13(24-4)14(10-12)25-5/h6-7,10-11H,8-9,19H2,1-5H3,(H2,20,21,22,23). The molecule has 0 aliphatic rings. The van der Waals surface area contributed by atoms with Gasteiger partial charge in [-0.3, -0.25) is 0 Å². The van der Waals surface area contributed by atoms with Gasteiger partial charge < -0.3 is 25.8 Å². The second kappa shape index (κ2) is 7.92. The van der Waals surface area contributed by atoms with E-state index >= 15 is 0 Å². The highest BCUT2D eigenvalue weighted by atomic mass is 16.5. The van der Waals surface area contributed by atoms with Crippen molar-refractivity contribution in [1.82, 2.24) is 9.97 Å². The van der Waals surface area contributed by atoms with Crippen molar-refractivity contribution in [2.45, 2.75) is 32.7 Å². The summed E-state index contributed by atoms with van der Waals surface area (Å²) in [5, 5.41) is 6.54. The summed E-state index contributed by atoms with van der Waals surface area (Å²) in [7, 11) is 3.26. The number of nitrogen functional groups attached to an aromatic ring is 1. The first kappa shape index (κ1) is 18.6. The Labute approximate surface area is 149 Å². The van der Waals surface area contributed by atoms with Gasteiger partial charge in [-0.05, 0) is 44.9 Å². The Hall–Kier alpha value is -2.70. The minimum atomic E-state index is -0.126. The minimum absolute atomic E-state index is 0.126. The van der Waals surface area contributed by atoms with Gasteiger partial charge in [-0.2, -0.15) is 0 Å². The molecule has 0 aliphatic carbocycles. The number of aromatic nitrogens is 2. The zero-order valence-electron chi connectivity index (χ0n) is 15.5. The van der Waals surface area contributed by atoms with Gasteiger partial charge in [0.15, 0.2) is 23.1 Å². The average Bonchev–Trinajstić information content (AvgIpc) is 2.56. The van der Waals surface area contributed by atoms with Crippen molar-refractivity contribution in [3.8, 4) is 11.5 Å². The van der Waals surface area contributed by atoms with Gasteiger partial charge >= 0.3 is 0 Å². The maximum atomic E-state index is 6.17. The van der Waals surface area contributed by atoms with Crippen LogP contribution in [0.4, 0.5) is 17.3 Å². The molecule has 1 aromatic heterocycles. The Morgan fingerprint density at radius 3 is 2.36 bits per heavy atom. The van der Waals surface area contributed by atoms with Crippen molar-refractivity contribution in [2.24, 2.45) is 0 Å². The topological polar surface area (TPSA) is 94.3 Å². The molecule has 0 atom stereocenters. The molecule has 0 saturated heterocycles. The van der Waals surface area contributed by atoms with Crippen molar-refractivity contribution in [1.29, 1.82) is 0 Å². The molecule has 0 bridgehead atoms. The molecular weight excluding hydrogens is 318 g/mol. The third kappa shape index (κ3) is 5.14. The number of nitrogens with two attached hydrogens (primary N) is 1. The average molecular weight is 345 g/mol. The highest BCUT2D eigenvalue weighted by Gasteiger charge is 2.15. The summed E-state index contributed by atoms with van der Waals surface area (Å²) in [6.45, 7) is 6.85. The van der Waals surface area contributed by atoms with Crippen LogP contribution in [-0.4, -0.2) is 36.3 Å². The van der Waals surface area contributed by atoms with E-state index in [0.29, 0.717) is 23.9 Å². The molecule has 0 aliphatic heterocycles. The van der Waals surface area contributed by atoms with Crippen LogP contribution in [0.2, 0.25) is 0 Å². The molecule has 0 spiro atoms. The van der Waals surface area contributed by atoms with Gasteiger partial charge in [-0.25, -0.2) is 9.97 Å². The maximum absolute atomic E-state index is 6.17. The van der Waals surface area contributed by atoms with Crippen LogP contribution in [0.1, 0.15) is 26.3 Å². The van der Waals surface area contributed by atoms with Gasteiger partial charge in [-0.15, -0.1) is 0 Å². The molecule has 1 heterocycles. The van der Waals surface area contributed by atoms with Gasteiger partial charge in [0.2, 0.25) is 0 Å². The van der Waals surface area contributed by atoms with Crippen molar-refractivity contribution in [2.75, 3.05) is 37.1 Å². The summed E-state index contributed by atoms with van der Waals surface area (Å²) in [5.41, 5.74) is 7.69. The predicted octanol–water partition coefficient (Wildman–Crippen LogP) is 2.94. The molecule has 0 saturated carbocycles. The fourth-order valence-electron chi connectivity index (χ4n) is 2.35. The third-order valence-electron chi connectivity index (χ3n) is 3.53. The zero-order chi connectivity index (χ0) is 18.4. The second-order valence-electron chi connectivity index (χ2n) is 6.73. The Morgan fingerprint density at radius 1 is 1.04 bits per heavy atom. The molecule has 2 rings (SSSR count). The molecule has 7 heteroatoms. The van der Waals surface area contributed by atoms with Crippen molar-refractivity contribution in [3.05, 3.63) is 30.1 Å². The molecule has 7 nitrogen and oxygen atoms in total. The first-order chi connectivity index (χ1) is 11.8. The Kier molecular flexibility index (Phi) is 5.90. The minimum Gasteiger partial charge on any atom is -0.493 e. The van der Waals surface area contributed by atoms with Crippen LogP contribution in [0.3, 0.4) is 0 Å². The molecule has 25 heavy (non-hydrogen) atoms. The second-order valence-corrected chi connectivity index (χ2v) is 6.73. The number of methoxy groups -OCH3 is 2. The van der Waals surface area contributed by atoms with E-state index in [4.69, 9.17) is 15.2 Å². The maximum Gasteiger partial charge on any atom is 0.160 e. The van der Waals surface area contributed by atoms with Gasteiger partial charge in [-0.1, -0.05) is 6.07 Å². The number of rotatable bonds is 7. The van der Waals surface area contributed by atoms with E-state index < -0.39 is 0 Å². The largest absolute Gasteiger partial charge is 0.493 e. The van der Waals surface area contributed by atoms with E-state index in [9.17, 15) is 0 Å². The van der Waals surface area contributed by atoms with Crippen LogP contribution in [0.25, 0.3) is 0 Å². The predicted molar refractivity (Wildman–Crippen MR) is 102 cm³/mol. The summed E-state index contributed by atoms with van der Waals surface area (Å²) in [6.07, 6.45) is 2.30. The zero-order valence-corrected chi connectivity index (χ0v) is 15.5. The monoisotopic (exact) mass is 345 g/mol. The summed E-state index contributed by atoms with van der Waals surface area (Å²) in [5.74, 6) is 2.70. The number of nitrogens with zero attached hydrogens (tertiary/aromatic N) is 2. The number of benzene rings is 1. The number of nitrogens with one attached hydrogen (secondary N) is 2. The summed E-state index contributed by atoms with van der Waals surface area (Å²) in [6, 6.07) is 5.88. The Morgan fingerprint density at radius 2 is 1.72 bits per heavy atom. The van der Waals surface area contributed by atoms with Crippen LogP contribution < -0.4 is 25.8 Å². The normalized spacial score (nSPS) is 11.1. The summed E-state index contributed by atoms with van der Waals surface area (Å²) >= 11 is 0. The lowest BCUT2D eigenvalue weighted by atomic mass is 10.1. The first-order valence-electron chi connectivity index (χ1n) is 8.17. The van der Waals surface area contributed by atoms with E-state index in [1.165, 1.54) is 6.33 Å². The van der Waals surface area contributed by atoms with E-state index in [0.717, 1.165) is 23.5 Å². The van der Waals surface area contributed by atoms with E-state index in [1.807, 2.05) is 18.2 Å². The molecule has 136 valence electrons. The lowest BCUT2D eigenvalue weighted by molar-refractivity contribution is 0.354. The van der Waals surface area contributed by atoms with E-state index in [2.05, 4.69) is 41.4 Å². The van der Waals surface area contributed by atoms with Gasteiger partial charge in [0.25, 0.3) is 0 Å². The van der Waals surface area contributed by atoms with Crippen LogP contribution in [0.15, 0.2) is 24.5 Å². The van der Waals surface area contributed by atoms with Gasteiger partial charge in [0.05, 0.1) is 14.2 Å². The van der Waals surface area contributed by atoms with Crippen molar-refractivity contribution in [3.63, 3.8) is 0 Å². The number of ether oxygens (including phenoxy) is 2. The molecule has 0 amide bonds. The lowest BCUT2D eigenvalue weighted by Crippen LogP contribution is -2.27. The SMILES string of the molecule is COc1ccc(CCNc2ncnc(NC(C)(C)C)c2N)cc1OC. The molecular formula is C18H27N5O2. The van der Waals surface area contributed by atoms with Gasteiger partial charge in [0.1, 0.15) is 12.0 Å². The summed E-state index contributed by atoms with van der Waals surface area (Å²) < 4.78 is 10.6. The fraction of sp³-hybridized carbons (Fsp3) is 0.444. The van der Waals surface area contributed by atoms with Crippen LogP contribution in [0.5, 0.6) is 11.5 Å². The number of hydrogen-bond donors (Lipinski definition) is 3. The highest BCUT2D eigenvalue weighted by Crippen LogP contribution is 2.28. The first-order valence-corrected chi connectivity index (χ1v) is 8.17. The molecule has 0 fully saturated rings. The quantitative estimate of drug-likeness (QED) is 0.710. The summed E-state index contributed by atoms with van der Waals surface area (Å²) in [4.78, 5) is 8.44. The van der Waals surface area contributed by atoms with Crippen LogP contribution in [-0.2, 0) is 6.42 Å². The number of anilines is 3.